The van der Waals surface area contributed by atoms with Crippen molar-refractivity contribution in [1.82, 2.24) is 9.47 Å². The van der Waals surface area contributed by atoms with E-state index < -0.39 is 5.60 Å². The van der Waals surface area contributed by atoms with E-state index in [4.69, 9.17) is 10.5 Å². The predicted octanol–water partition coefficient (Wildman–Crippen LogP) is 1.26. The highest BCUT2D eigenvalue weighted by Gasteiger charge is 2.27. The minimum absolute atomic E-state index is 0.186. The zero-order chi connectivity index (χ0) is 15.1. The Morgan fingerprint density at radius 1 is 1.40 bits per heavy atom. The fourth-order valence-corrected chi connectivity index (χ4v) is 2.34. The highest BCUT2D eigenvalue weighted by atomic mass is 16.6. The fourth-order valence-electron chi connectivity index (χ4n) is 2.34. The molecule has 1 aliphatic rings. The molecule has 6 heteroatoms. The lowest BCUT2D eigenvalue weighted by molar-refractivity contribution is 0.0221. The van der Waals surface area contributed by atoms with Crippen molar-refractivity contribution < 1.29 is 9.53 Å². The number of hydrogen-bond donors (Lipinski definition) is 1. The molecular weight excluding hydrogens is 258 g/mol. The number of carbonyl (C=O) groups excluding carboxylic acids is 1. The summed E-state index contributed by atoms with van der Waals surface area (Å²) in [5.41, 5.74) is 7.04. The molecule has 1 aliphatic heterocycles. The van der Waals surface area contributed by atoms with Gasteiger partial charge in [0.1, 0.15) is 5.60 Å². The molecule has 1 aromatic heterocycles. The summed E-state index contributed by atoms with van der Waals surface area (Å²) in [7, 11) is 1.71. The molecule has 0 aliphatic carbocycles. The molecule has 0 aromatic carbocycles. The molecule has 0 bridgehead atoms. The van der Waals surface area contributed by atoms with Crippen LogP contribution in [0.3, 0.4) is 0 Å². The number of nitrogens with two attached hydrogens (primary N) is 1. The summed E-state index contributed by atoms with van der Waals surface area (Å²) >= 11 is 0. The lowest BCUT2D eigenvalue weighted by Crippen LogP contribution is -2.41. The van der Waals surface area contributed by atoms with Gasteiger partial charge in [-0.3, -0.25) is 4.79 Å². The van der Waals surface area contributed by atoms with Gasteiger partial charge in [-0.25, -0.2) is 4.79 Å². The smallest absolute Gasteiger partial charge is 0.410 e. The SMILES string of the molecule is Cn1c2c(cc(N)c1=O)CN(C(=O)OC(C)(C)C)CC2. The van der Waals surface area contributed by atoms with Crippen LogP contribution in [-0.4, -0.2) is 27.7 Å². The molecule has 0 saturated carbocycles. The third-order valence-corrected chi connectivity index (χ3v) is 3.29. The molecule has 2 rings (SSSR count). The van der Waals surface area contributed by atoms with E-state index in [9.17, 15) is 9.59 Å². The van der Waals surface area contributed by atoms with Crippen LogP contribution in [0, 0.1) is 0 Å². The molecule has 2 heterocycles. The lowest BCUT2D eigenvalue weighted by atomic mass is 10.0. The van der Waals surface area contributed by atoms with Crippen molar-refractivity contribution in [2.45, 2.75) is 39.3 Å². The van der Waals surface area contributed by atoms with Gasteiger partial charge in [0.15, 0.2) is 0 Å². The average molecular weight is 279 g/mol. The van der Waals surface area contributed by atoms with Crippen molar-refractivity contribution in [3.8, 4) is 0 Å². The first-order valence-electron chi connectivity index (χ1n) is 6.64. The maximum atomic E-state index is 12.1. The average Bonchev–Trinajstić information content (AvgIpc) is 2.33. The van der Waals surface area contributed by atoms with Crippen molar-refractivity contribution in [3.63, 3.8) is 0 Å². The molecule has 0 saturated heterocycles. The molecule has 6 nitrogen and oxygen atoms in total. The van der Waals surface area contributed by atoms with Crippen LogP contribution in [0.2, 0.25) is 0 Å². The van der Waals surface area contributed by atoms with E-state index >= 15 is 0 Å². The van der Waals surface area contributed by atoms with Crippen LogP contribution in [0.1, 0.15) is 32.0 Å². The first kappa shape index (κ1) is 14.4. The zero-order valence-electron chi connectivity index (χ0n) is 12.4. The van der Waals surface area contributed by atoms with Gasteiger partial charge in [0.05, 0.1) is 12.2 Å². The van der Waals surface area contributed by atoms with Gasteiger partial charge >= 0.3 is 6.09 Å². The molecule has 0 atom stereocenters. The molecule has 0 radical (unpaired) electrons. The standard InChI is InChI=1S/C14H21N3O3/c1-14(2,3)20-13(19)17-6-5-11-9(8-17)7-10(15)12(18)16(11)4/h7H,5-6,8,15H2,1-4H3. The molecule has 20 heavy (non-hydrogen) atoms. The van der Waals surface area contributed by atoms with E-state index in [-0.39, 0.29) is 17.3 Å². The largest absolute Gasteiger partial charge is 0.444 e. The monoisotopic (exact) mass is 279 g/mol. The summed E-state index contributed by atoms with van der Waals surface area (Å²) in [6.45, 7) is 6.47. The van der Waals surface area contributed by atoms with Crippen LogP contribution in [0.5, 0.6) is 0 Å². The lowest BCUT2D eigenvalue weighted by Gasteiger charge is -2.32. The van der Waals surface area contributed by atoms with Gasteiger partial charge in [0, 0.05) is 25.7 Å². The van der Waals surface area contributed by atoms with Gasteiger partial charge in [-0.2, -0.15) is 0 Å². The molecule has 2 N–H and O–H groups in total. The summed E-state index contributed by atoms with van der Waals surface area (Å²) in [6.07, 6.45) is 0.288. The Hall–Kier alpha value is -1.98. The molecular formula is C14H21N3O3. The Bertz CT molecular complexity index is 599. The van der Waals surface area contributed by atoms with Gasteiger partial charge in [-0.05, 0) is 32.4 Å². The van der Waals surface area contributed by atoms with Crippen molar-refractivity contribution in [1.29, 1.82) is 0 Å². The Kier molecular flexibility index (Phi) is 3.50. The van der Waals surface area contributed by atoms with Crippen LogP contribution >= 0.6 is 0 Å². The van der Waals surface area contributed by atoms with Gasteiger partial charge in [0.2, 0.25) is 0 Å². The van der Waals surface area contributed by atoms with Crippen molar-refractivity contribution in [3.05, 3.63) is 27.7 Å². The minimum atomic E-state index is -0.514. The predicted molar refractivity (Wildman–Crippen MR) is 76.4 cm³/mol. The molecule has 1 amide bonds. The van der Waals surface area contributed by atoms with Gasteiger partial charge in [-0.15, -0.1) is 0 Å². The van der Waals surface area contributed by atoms with E-state index in [2.05, 4.69) is 0 Å². The number of amides is 1. The fraction of sp³-hybridized carbons (Fsp3) is 0.571. The Labute approximate surface area is 118 Å². The second-order valence-corrected chi connectivity index (χ2v) is 6.09. The maximum Gasteiger partial charge on any atom is 0.410 e. The number of ether oxygens (including phenoxy) is 1. The highest BCUT2D eigenvalue weighted by Crippen LogP contribution is 2.21. The third kappa shape index (κ3) is 2.79. The molecule has 0 fully saturated rings. The topological polar surface area (TPSA) is 77.6 Å². The van der Waals surface area contributed by atoms with Crippen LogP contribution in [-0.2, 0) is 24.8 Å². The third-order valence-electron chi connectivity index (χ3n) is 3.29. The Morgan fingerprint density at radius 2 is 2.05 bits per heavy atom. The summed E-state index contributed by atoms with van der Waals surface area (Å²) < 4.78 is 6.93. The molecule has 0 unspecified atom stereocenters. The van der Waals surface area contributed by atoms with Gasteiger partial charge in [0.25, 0.3) is 5.56 Å². The highest BCUT2D eigenvalue weighted by molar-refractivity contribution is 5.68. The number of fused-ring (bicyclic) bond motifs is 1. The number of aromatic nitrogens is 1. The number of hydrogen-bond acceptors (Lipinski definition) is 4. The van der Waals surface area contributed by atoms with E-state index in [1.165, 1.54) is 0 Å². The van der Waals surface area contributed by atoms with E-state index in [0.29, 0.717) is 19.5 Å². The van der Waals surface area contributed by atoms with E-state index in [1.54, 1.807) is 22.6 Å². The number of anilines is 1. The molecule has 0 spiro atoms. The molecule has 1 aromatic rings. The summed E-state index contributed by atoms with van der Waals surface area (Å²) in [6, 6.07) is 1.66. The van der Waals surface area contributed by atoms with Crippen molar-refractivity contribution in [2.75, 3.05) is 12.3 Å². The van der Waals surface area contributed by atoms with Gasteiger partial charge in [-0.1, -0.05) is 0 Å². The normalized spacial score (nSPS) is 14.9. The second kappa shape index (κ2) is 4.85. The summed E-state index contributed by atoms with van der Waals surface area (Å²) in [5.74, 6) is 0. The first-order chi connectivity index (χ1) is 9.19. The maximum absolute atomic E-state index is 12.1. The second-order valence-electron chi connectivity index (χ2n) is 6.09. The quantitative estimate of drug-likeness (QED) is 0.775. The summed E-state index contributed by atoms with van der Waals surface area (Å²) in [4.78, 5) is 25.5. The van der Waals surface area contributed by atoms with E-state index in [1.807, 2.05) is 20.8 Å². The number of pyridine rings is 1. The summed E-state index contributed by atoms with van der Waals surface area (Å²) in [5, 5.41) is 0. The van der Waals surface area contributed by atoms with Crippen molar-refractivity contribution in [2.24, 2.45) is 7.05 Å². The van der Waals surface area contributed by atoms with Crippen LogP contribution < -0.4 is 11.3 Å². The number of nitrogen functional groups attached to an aromatic ring is 1. The molecule has 110 valence electrons. The van der Waals surface area contributed by atoms with E-state index in [0.717, 1.165) is 11.3 Å². The van der Waals surface area contributed by atoms with Crippen LogP contribution in [0.4, 0.5) is 10.5 Å². The number of rotatable bonds is 0. The number of carbonyl (C=O) groups is 1. The number of nitrogens with zero attached hydrogens (tertiary/aromatic N) is 2. The van der Waals surface area contributed by atoms with Gasteiger partial charge < -0.3 is 19.9 Å². The Morgan fingerprint density at radius 3 is 2.65 bits per heavy atom. The van der Waals surface area contributed by atoms with Crippen LogP contribution in [0.15, 0.2) is 10.9 Å². The van der Waals surface area contributed by atoms with Crippen LogP contribution in [0.25, 0.3) is 0 Å². The zero-order valence-corrected chi connectivity index (χ0v) is 12.4. The Balaban J connectivity index is 2.24. The van der Waals surface area contributed by atoms with Crippen molar-refractivity contribution >= 4 is 11.8 Å². The minimum Gasteiger partial charge on any atom is -0.444 e. The first-order valence-corrected chi connectivity index (χ1v) is 6.64.